The van der Waals surface area contributed by atoms with Crippen molar-refractivity contribution in [1.29, 1.82) is 0 Å². The maximum atomic E-state index is 14.6. The lowest BCUT2D eigenvalue weighted by Gasteiger charge is -2.29. The van der Waals surface area contributed by atoms with Gasteiger partial charge in [-0.05, 0) is 36.6 Å². The molecule has 0 saturated heterocycles. The van der Waals surface area contributed by atoms with E-state index in [0.29, 0.717) is 18.8 Å². The van der Waals surface area contributed by atoms with Crippen molar-refractivity contribution in [3.8, 4) is 11.4 Å². The number of carbonyl (C=O) groups is 2. The van der Waals surface area contributed by atoms with Gasteiger partial charge >= 0.3 is 0 Å². The molecule has 2 amide bonds. The molecule has 0 bridgehead atoms. The minimum atomic E-state index is -0.792. The Kier molecular flexibility index (Phi) is 6.97. The van der Waals surface area contributed by atoms with Crippen LogP contribution in [0, 0.1) is 17.0 Å². The largest absolute Gasteiger partial charge is 0.357 e. The van der Waals surface area contributed by atoms with Crippen molar-refractivity contribution in [2.24, 2.45) is 5.41 Å². The van der Waals surface area contributed by atoms with Crippen LogP contribution in [0.5, 0.6) is 0 Å². The standard InChI is InChI=1S/C23H31F2N5O2/c1-6-29-10-7-11-30-17(13-29)18(21(31)28-19(22(32)26-5)23(2,3)4)27-20(30)15-12-14(24)8-9-16(15)25/h8-9,12,19H,6-7,10-11,13H2,1-5H3,(H,26,32)(H,28,31). The third-order valence-electron chi connectivity index (χ3n) is 5.78. The first-order valence-electron chi connectivity index (χ1n) is 10.9. The number of hydrogen-bond acceptors (Lipinski definition) is 4. The van der Waals surface area contributed by atoms with Crippen molar-refractivity contribution in [1.82, 2.24) is 25.1 Å². The second-order valence-corrected chi connectivity index (χ2v) is 9.12. The fraction of sp³-hybridized carbons (Fsp3) is 0.522. The van der Waals surface area contributed by atoms with Gasteiger partial charge in [0.2, 0.25) is 5.91 Å². The zero-order valence-corrected chi connectivity index (χ0v) is 19.3. The summed E-state index contributed by atoms with van der Waals surface area (Å²) in [6, 6.07) is 2.41. The summed E-state index contributed by atoms with van der Waals surface area (Å²) in [5.74, 6) is -1.81. The number of rotatable bonds is 5. The first-order chi connectivity index (χ1) is 15.1. The van der Waals surface area contributed by atoms with E-state index in [4.69, 9.17) is 0 Å². The molecular formula is C23H31F2N5O2. The Balaban J connectivity index is 2.11. The number of carbonyl (C=O) groups excluding carboxylic acids is 2. The molecule has 0 fully saturated rings. The number of nitrogens with one attached hydrogen (secondary N) is 2. The van der Waals surface area contributed by atoms with Gasteiger partial charge in [-0.1, -0.05) is 27.7 Å². The summed E-state index contributed by atoms with van der Waals surface area (Å²) in [6.07, 6.45) is 0.783. The van der Waals surface area contributed by atoms with Crippen molar-refractivity contribution in [3.63, 3.8) is 0 Å². The first-order valence-corrected chi connectivity index (χ1v) is 10.9. The molecule has 1 atom stereocenters. The zero-order chi connectivity index (χ0) is 23.6. The lowest BCUT2D eigenvalue weighted by atomic mass is 9.86. The Bertz CT molecular complexity index is 1010. The van der Waals surface area contributed by atoms with Crippen LogP contribution in [0.4, 0.5) is 8.78 Å². The van der Waals surface area contributed by atoms with Crippen LogP contribution in [0.2, 0.25) is 0 Å². The first kappa shape index (κ1) is 23.8. The molecular weight excluding hydrogens is 416 g/mol. The van der Waals surface area contributed by atoms with Crippen LogP contribution in [-0.4, -0.2) is 52.4 Å². The minimum absolute atomic E-state index is 0.00826. The summed E-state index contributed by atoms with van der Waals surface area (Å²) in [5.41, 5.74) is 0.223. The highest BCUT2D eigenvalue weighted by molar-refractivity contribution is 5.97. The van der Waals surface area contributed by atoms with Gasteiger partial charge in [0.15, 0.2) is 5.69 Å². The van der Waals surface area contributed by atoms with E-state index in [1.807, 2.05) is 27.7 Å². The summed E-state index contributed by atoms with van der Waals surface area (Å²) >= 11 is 0. The van der Waals surface area contributed by atoms with Crippen molar-refractivity contribution in [2.75, 3.05) is 20.1 Å². The molecule has 0 radical (unpaired) electrons. The van der Waals surface area contributed by atoms with E-state index in [-0.39, 0.29) is 23.0 Å². The topological polar surface area (TPSA) is 79.3 Å². The summed E-state index contributed by atoms with van der Waals surface area (Å²) in [6.45, 7) is 10.2. The van der Waals surface area contributed by atoms with Crippen molar-refractivity contribution in [2.45, 2.75) is 53.2 Å². The Hall–Kier alpha value is -2.81. The second kappa shape index (κ2) is 9.36. The number of fused-ring (bicyclic) bond motifs is 1. The van der Waals surface area contributed by atoms with E-state index in [1.165, 1.54) is 7.05 Å². The third kappa shape index (κ3) is 4.82. The van der Waals surface area contributed by atoms with Gasteiger partial charge < -0.3 is 15.2 Å². The summed E-state index contributed by atoms with van der Waals surface area (Å²) < 4.78 is 30.3. The van der Waals surface area contributed by atoms with Crippen molar-refractivity contribution >= 4 is 11.8 Å². The van der Waals surface area contributed by atoms with Crippen LogP contribution in [0.15, 0.2) is 18.2 Å². The number of halogens is 2. The third-order valence-corrected chi connectivity index (χ3v) is 5.78. The SMILES string of the molecule is CCN1CCCn2c(-c3cc(F)ccc3F)nc(C(=O)NC(C(=O)NC)C(C)(C)C)c2C1. The van der Waals surface area contributed by atoms with E-state index >= 15 is 0 Å². The molecule has 1 aliphatic rings. The molecule has 1 aliphatic heterocycles. The molecule has 1 unspecified atom stereocenters. The molecule has 1 aromatic carbocycles. The maximum Gasteiger partial charge on any atom is 0.272 e. The van der Waals surface area contributed by atoms with Crippen LogP contribution in [0.25, 0.3) is 11.4 Å². The summed E-state index contributed by atoms with van der Waals surface area (Å²) in [4.78, 5) is 32.4. The van der Waals surface area contributed by atoms with Gasteiger partial charge in [0.05, 0.1) is 11.3 Å². The number of amides is 2. The number of hydrogen-bond donors (Lipinski definition) is 2. The fourth-order valence-corrected chi connectivity index (χ4v) is 3.98. The Morgan fingerprint density at radius 3 is 2.56 bits per heavy atom. The quantitative estimate of drug-likeness (QED) is 0.739. The number of benzene rings is 1. The van der Waals surface area contributed by atoms with Crippen LogP contribution >= 0.6 is 0 Å². The van der Waals surface area contributed by atoms with E-state index in [9.17, 15) is 18.4 Å². The van der Waals surface area contributed by atoms with Crippen LogP contribution in [-0.2, 0) is 17.9 Å². The normalized spacial score (nSPS) is 15.6. The number of nitrogens with zero attached hydrogens (tertiary/aromatic N) is 3. The van der Waals surface area contributed by atoms with Gasteiger partial charge in [0.1, 0.15) is 23.5 Å². The maximum absolute atomic E-state index is 14.6. The highest BCUT2D eigenvalue weighted by atomic mass is 19.1. The van der Waals surface area contributed by atoms with Crippen molar-refractivity contribution < 1.29 is 18.4 Å². The molecule has 174 valence electrons. The molecule has 9 heteroatoms. The minimum Gasteiger partial charge on any atom is -0.357 e. The van der Waals surface area contributed by atoms with Gasteiger partial charge in [0.25, 0.3) is 5.91 Å². The number of likely N-dealkylation sites (N-methyl/N-ethyl adjacent to an activating group) is 1. The van der Waals surface area contributed by atoms with Gasteiger partial charge in [-0.3, -0.25) is 14.5 Å². The number of imidazole rings is 1. The van der Waals surface area contributed by atoms with Gasteiger partial charge in [-0.25, -0.2) is 13.8 Å². The van der Waals surface area contributed by atoms with E-state index in [1.54, 1.807) is 4.57 Å². The molecule has 0 saturated carbocycles. The highest BCUT2D eigenvalue weighted by Crippen LogP contribution is 2.29. The summed E-state index contributed by atoms with van der Waals surface area (Å²) in [7, 11) is 1.51. The van der Waals surface area contributed by atoms with Crippen LogP contribution in [0.1, 0.15) is 50.3 Å². The number of aromatic nitrogens is 2. The monoisotopic (exact) mass is 447 g/mol. The highest BCUT2D eigenvalue weighted by Gasteiger charge is 2.35. The van der Waals surface area contributed by atoms with Gasteiger partial charge in [-0.2, -0.15) is 0 Å². The van der Waals surface area contributed by atoms with E-state index in [0.717, 1.165) is 37.7 Å². The molecule has 1 aromatic heterocycles. The van der Waals surface area contributed by atoms with E-state index in [2.05, 4.69) is 20.5 Å². The molecule has 0 spiro atoms. The molecule has 32 heavy (non-hydrogen) atoms. The average molecular weight is 448 g/mol. The molecule has 7 nitrogen and oxygen atoms in total. The Morgan fingerprint density at radius 2 is 1.94 bits per heavy atom. The van der Waals surface area contributed by atoms with Crippen molar-refractivity contribution in [3.05, 3.63) is 41.2 Å². The Morgan fingerprint density at radius 1 is 1.22 bits per heavy atom. The molecule has 2 N–H and O–H groups in total. The smallest absolute Gasteiger partial charge is 0.272 e. The lowest BCUT2D eigenvalue weighted by molar-refractivity contribution is -0.124. The summed E-state index contributed by atoms with van der Waals surface area (Å²) in [5, 5.41) is 5.39. The van der Waals surface area contributed by atoms with Crippen LogP contribution in [0.3, 0.4) is 0 Å². The molecule has 2 heterocycles. The lowest BCUT2D eigenvalue weighted by Crippen LogP contribution is -2.53. The fourth-order valence-electron chi connectivity index (χ4n) is 3.98. The van der Waals surface area contributed by atoms with E-state index < -0.39 is 29.0 Å². The Labute approximate surface area is 187 Å². The molecule has 0 aliphatic carbocycles. The second-order valence-electron chi connectivity index (χ2n) is 9.12. The van der Waals surface area contributed by atoms with Gasteiger partial charge in [0, 0.05) is 26.7 Å². The van der Waals surface area contributed by atoms with Gasteiger partial charge in [-0.15, -0.1) is 0 Å². The van der Waals surface area contributed by atoms with Crippen LogP contribution < -0.4 is 10.6 Å². The molecule has 3 rings (SSSR count). The zero-order valence-electron chi connectivity index (χ0n) is 19.3. The molecule has 2 aromatic rings. The predicted molar refractivity (Wildman–Crippen MR) is 118 cm³/mol. The predicted octanol–water partition coefficient (Wildman–Crippen LogP) is 2.94. The average Bonchev–Trinajstić information content (AvgIpc) is 2.95.